The van der Waals surface area contributed by atoms with Gasteiger partial charge in [-0.05, 0) is 60.8 Å². The van der Waals surface area contributed by atoms with Gasteiger partial charge in [0, 0.05) is 5.54 Å². The normalized spacial score (nSPS) is 18.8. The lowest BCUT2D eigenvalue weighted by Gasteiger charge is -2.15. The Labute approximate surface area is 77.3 Å². The van der Waals surface area contributed by atoms with Crippen LogP contribution in [0, 0.1) is 0 Å². The minimum absolute atomic E-state index is 0.292. The maximum absolute atomic E-state index is 3.10. The Morgan fingerprint density at radius 1 is 1.08 bits per heavy atom. The number of hydrogen-bond donors (Lipinski definition) is 1. The van der Waals surface area contributed by atoms with Crippen LogP contribution < -0.4 is 5.32 Å². The van der Waals surface area contributed by atoms with Crippen LogP contribution in [-0.4, -0.2) is 37.6 Å². The van der Waals surface area contributed by atoms with Crippen LogP contribution in [0.25, 0.3) is 0 Å². The van der Waals surface area contributed by atoms with Gasteiger partial charge in [-0.3, -0.25) is 0 Å². The molecule has 1 N–H and O–H groups in total. The van der Waals surface area contributed by atoms with Crippen molar-refractivity contribution >= 4 is 0 Å². The number of nitrogens with zero attached hydrogens (tertiary/aromatic N) is 1. The van der Waals surface area contributed by atoms with Gasteiger partial charge < -0.3 is 10.2 Å². The third-order valence-electron chi connectivity index (χ3n) is 2.08. The maximum atomic E-state index is 3.10. The van der Waals surface area contributed by atoms with E-state index >= 15 is 0 Å². The molecule has 0 aromatic rings. The van der Waals surface area contributed by atoms with Crippen LogP contribution >= 0.6 is 0 Å². The quantitative estimate of drug-likeness (QED) is 0.598. The molecule has 0 unspecified atom stereocenters. The average molecular weight is 172 g/mol. The molecular weight excluding hydrogens is 148 g/mol. The summed E-state index contributed by atoms with van der Waals surface area (Å²) in [5.41, 5.74) is 0.292. The van der Waals surface area contributed by atoms with E-state index in [1.807, 2.05) is 7.05 Å². The van der Waals surface area contributed by atoms with Gasteiger partial charge in [-0.2, -0.15) is 0 Å². The van der Waals surface area contributed by atoms with Gasteiger partial charge in [0.15, 0.2) is 0 Å². The fourth-order valence-electron chi connectivity index (χ4n) is 0.875. The van der Waals surface area contributed by atoms with Crippen molar-refractivity contribution in [2.45, 2.75) is 39.2 Å². The molecular formula is C10H24N2. The molecule has 0 radical (unpaired) electrons. The molecule has 0 amide bonds. The summed E-state index contributed by atoms with van der Waals surface area (Å²) in [4.78, 5) is 2.36. The third-order valence-corrected chi connectivity index (χ3v) is 2.08. The lowest BCUT2D eigenvalue weighted by Crippen LogP contribution is -2.31. The minimum atomic E-state index is 0.292. The first-order chi connectivity index (χ1) is 5.45. The predicted octanol–water partition coefficient (Wildman–Crippen LogP) is 1.72. The standard InChI is InChI=1S/C5H11N.C5H13N/c1-6-4-2-3-5-6;1-5(2,3)6-4/h2-5H2,1H3;6H,1-4H3. The van der Waals surface area contributed by atoms with Crippen LogP contribution in [0.3, 0.4) is 0 Å². The van der Waals surface area contributed by atoms with Crippen LogP contribution in [0.2, 0.25) is 0 Å². The SMILES string of the molecule is CN1CCCC1.CNC(C)(C)C. The molecule has 1 saturated heterocycles. The molecule has 0 atom stereocenters. The van der Waals surface area contributed by atoms with E-state index < -0.39 is 0 Å². The van der Waals surface area contributed by atoms with E-state index in [0.717, 1.165) is 0 Å². The number of nitrogens with one attached hydrogen (secondary N) is 1. The Balaban J connectivity index is 0.000000202. The van der Waals surface area contributed by atoms with E-state index in [1.54, 1.807) is 0 Å². The van der Waals surface area contributed by atoms with Gasteiger partial charge in [0.1, 0.15) is 0 Å². The zero-order chi connectivity index (χ0) is 9.61. The highest BCUT2D eigenvalue weighted by molar-refractivity contribution is 4.65. The Hall–Kier alpha value is -0.0800. The van der Waals surface area contributed by atoms with Crippen LogP contribution in [0.4, 0.5) is 0 Å². The monoisotopic (exact) mass is 172 g/mol. The Morgan fingerprint density at radius 2 is 1.42 bits per heavy atom. The fraction of sp³-hybridized carbons (Fsp3) is 1.00. The zero-order valence-corrected chi connectivity index (χ0v) is 9.28. The second-order valence-corrected chi connectivity index (χ2v) is 4.51. The molecule has 0 spiro atoms. The Bertz CT molecular complexity index is 98.9. The first kappa shape index (κ1) is 11.9. The summed E-state index contributed by atoms with van der Waals surface area (Å²) >= 11 is 0. The van der Waals surface area contributed by atoms with Gasteiger partial charge in [-0.25, -0.2) is 0 Å². The molecule has 1 aliphatic rings. The predicted molar refractivity (Wildman–Crippen MR) is 55.5 cm³/mol. The molecule has 0 saturated carbocycles. The molecule has 0 bridgehead atoms. The van der Waals surface area contributed by atoms with E-state index in [4.69, 9.17) is 0 Å². The molecule has 2 heteroatoms. The highest BCUT2D eigenvalue weighted by Gasteiger charge is 2.03. The van der Waals surface area contributed by atoms with Gasteiger partial charge in [-0.15, -0.1) is 0 Å². The van der Waals surface area contributed by atoms with Gasteiger partial charge in [0.25, 0.3) is 0 Å². The third kappa shape index (κ3) is 8.02. The Kier molecular flexibility index (Phi) is 5.51. The van der Waals surface area contributed by atoms with Crippen LogP contribution in [0.15, 0.2) is 0 Å². The fourth-order valence-corrected chi connectivity index (χ4v) is 0.875. The summed E-state index contributed by atoms with van der Waals surface area (Å²) in [7, 11) is 4.13. The number of likely N-dealkylation sites (tertiary alicyclic amines) is 1. The lowest BCUT2D eigenvalue weighted by molar-refractivity contribution is 0.418. The van der Waals surface area contributed by atoms with E-state index in [-0.39, 0.29) is 0 Å². The van der Waals surface area contributed by atoms with E-state index in [1.165, 1.54) is 25.9 Å². The number of rotatable bonds is 0. The van der Waals surface area contributed by atoms with Crippen molar-refractivity contribution in [1.82, 2.24) is 10.2 Å². The molecule has 1 fully saturated rings. The molecule has 74 valence electrons. The highest BCUT2D eigenvalue weighted by atomic mass is 15.1. The first-order valence-corrected chi connectivity index (χ1v) is 4.83. The van der Waals surface area contributed by atoms with Crippen molar-refractivity contribution in [1.29, 1.82) is 0 Å². The van der Waals surface area contributed by atoms with Crippen molar-refractivity contribution in [3.8, 4) is 0 Å². The molecule has 2 nitrogen and oxygen atoms in total. The van der Waals surface area contributed by atoms with Gasteiger partial charge in [0.2, 0.25) is 0 Å². The molecule has 1 rings (SSSR count). The molecule has 0 aliphatic carbocycles. The summed E-state index contributed by atoms with van der Waals surface area (Å²) < 4.78 is 0. The molecule has 0 aromatic carbocycles. The van der Waals surface area contributed by atoms with Crippen molar-refractivity contribution in [3.63, 3.8) is 0 Å². The first-order valence-electron chi connectivity index (χ1n) is 4.83. The van der Waals surface area contributed by atoms with E-state index in [0.29, 0.717) is 5.54 Å². The van der Waals surface area contributed by atoms with Crippen LogP contribution in [0.5, 0.6) is 0 Å². The summed E-state index contributed by atoms with van der Waals surface area (Å²) in [6, 6.07) is 0. The van der Waals surface area contributed by atoms with Crippen LogP contribution in [-0.2, 0) is 0 Å². The second-order valence-electron chi connectivity index (χ2n) is 4.51. The highest BCUT2D eigenvalue weighted by Crippen LogP contribution is 2.02. The van der Waals surface area contributed by atoms with Crippen molar-refractivity contribution in [3.05, 3.63) is 0 Å². The lowest BCUT2D eigenvalue weighted by atomic mass is 10.1. The smallest absolute Gasteiger partial charge is 0.00935 e. The van der Waals surface area contributed by atoms with Gasteiger partial charge in [0.05, 0.1) is 0 Å². The second kappa shape index (κ2) is 5.55. The molecule has 1 heterocycles. The van der Waals surface area contributed by atoms with Gasteiger partial charge in [-0.1, -0.05) is 0 Å². The summed E-state index contributed by atoms with van der Waals surface area (Å²) in [6.07, 6.45) is 2.83. The van der Waals surface area contributed by atoms with Gasteiger partial charge >= 0.3 is 0 Å². The topological polar surface area (TPSA) is 15.3 Å². The largest absolute Gasteiger partial charge is 0.315 e. The number of hydrogen-bond acceptors (Lipinski definition) is 2. The summed E-state index contributed by atoms with van der Waals surface area (Å²) in [6.45, 7) is 9.03. The molecule has 0 aromatic heterocycles. The minimum Gasteiger partial charge on any atom is -0.315 e. The average Bonchev–Trinajstić information content (AvgIpc) is 2.39. The van der Waals surface area contributed by atoms with Crippen molar-refractivity contribution in [2.24, 2.45) is 0 Å². The molecule has 12 heavy (non-hydrogen) atoms. The Morgan fingerprint density at radius 3 is 1.50 bits per heavy atom. The maximum Gasteiger partial charge on any atom is 0.00935 e. The zero-order valence-electron chi connectivity index (χ0n) is 9.28. The molecule has 1 aliphatic heterocycles. The summed E-state index contributed by atoms with van der Waals surface area (Å²) in [5, 5.41) is 3.10. The van der Waals surface area contributed by atoms with Crippen molar-refractivity contribution in [2.75, 3.05) is 27.2 Å². The summed E-state index contributed by atoms with van der Waals surface area (Å²) in [5.74, 6) is 0. The van der Waals surface area contributed by atoms with Crippen LogP contribution in [0.1, 0.15) is 33.6 Å². The van der Waals surface area contributed by atoms with E-state index in [9.17, 15) is 0 Å². The van der Waals surface area contributed by atoms with E-state index in [2.05, 4.69) is 38.0 Å². The van der Waals surface area contributed by atoms with Crippen molar-refractivity contribution < 1.29 is 0 Å².